The molecule has 2 aromatic carbocycles. The molecule has 0 N–H and O–H groups in total. The molecule has 0 spiro atoms. The van der Waals surface area contributed by atoms with E-state index < -0.39 is 0 Å². The smallest absolute Gasteiger partial charge is 0.343 e. The van der Waals surface area contributed by atoms with Crippen LogP contribution in [0.4, 0.5) is 0 Å². The number of benzene rings is 2. The summed E-state index contributed by atoms with van der Waals surface area (Å²) in [5.74, 6) is 2.10. The molecule has 0 saturated carbocycles. The minimum absolute atomic E-state index is 0.388. The fraction of sp³-hybridized carbons (Fsp3) is 0.150. The molecule has 5 nitrogen and oxygen atoms in total. The summed E-state index contributed by atoms with van der Waals surface area (Å²) in [6.45, 7) is 0. The first-order valence-corrected chi connectivity index (χ1v) is 7.66. The molecule has 0 atom stereocenters. The molecule has 1 aliphatic heterocycles. The van der Waals surface area contributed by atoms with Crippen LogP contribution in [0.2, 0.25) is 0 Å². The Labute approximate surface area is 146 Å². The second kappa shape index (κ2) is 7.13. The number of hydrogen-bond acceptors (Lipinski definition) is 5. The van der Waals surface area contributed by atoms with Gasteiger partial charge in [-0.3, -0.25) is 0 Å². The Balaban J connectivity index is 1.90. The van der Waals surface area contributed by atoms with Crippen LogP contribution in [-0.2, 0) is 9.53 Å². The standard InChI is InChI=1S/C20H18O5/c1-22-16-7-5-14(6-8-16)18-12-15(20(21)25-18)10-13-4-9-17(23-2)19(11-13)24-3/h4-12H,1-3H3. The lowest BCUT2D eigenvalue weighted by molar-refractivity contribution is -0.130. The van der Waals surface area contributed by atoms with Crippen molar-refractivity contribution in [2.75, 3.05) is 21.3 Å². The maximum atomic E-state index is 12.1. The molecule has 0 bridgehead atoms. The first-order chi connectivity index (χ1) is 12.1. The van der Waals surface area contributed by atoms with Gasteiger partial charge in [0.05, 0.1) is 26.9 Å². The lowest BCUT2D eigenvalue weighted by Gasteiger charge is -2.07. The molecule has 0 radical (unpaired) electrons. The topological polar surface area (TPSA) is 54.0 Å². The third kappa shape index (κ3) is 3.50. The maximum Gasteiger partial charge on any atom is 0.343 e. The van der Waals surface area contributed by atoms with Crippen LogP contribution in [-0.4, -0.2) is 27.3 Å². The van der Waals surface area contributed by atoms with E-state index in [-0.39, 0.29) is 5.97 Å². The van der Waals surface area contributed by atoms with E-state index in [0.717, 1.165) is 16.9 Å². The highest BCUT2D eigenvalue weighted by Crippen LogP contribution is 2.31. The van der Waals surface area contributed by atoms with E-state index >= 15 is 0 Å². The van der Waals surface area contributed by atoms with Crippen molar-refractivity contribution in [3.05, 3.63) is 65.2 Å². The van der Waals surface area contributed by atoms with E-state index in [1.54, 1.807) is 45.6 Å². The summed E-state index contributed by atoms with van der Waals surface area (Å²) in [4.78, 5) is 12.1. The van der Waals surface area contributed by atoms with Gasteiger partial charge in [-0.05, 0) is 54.1 Å². The SMILES string of the molecule is COc1ccc(C2=CC(=Cc3ccc(OC)c(OC)c3)C(=O)O2)cc1. The zero-order valence-electron chi connectivity index (χ0n) is 14.2. The second-order valence-corrected chi connectivity index (χ2v) is 5.34. The first-order valence-electron chi connectivity index (χ1n) is 7.66. The van der Waals surface area contributed by atoms with E-state index in [1.807, 2.05) is 30.3 Å². The Morgan fingerprint density at radius 2 is 1.60 bits per heavy atom. The van der Waals surface area contributed by atoms with Crippen molar-refractivity contribution in [1.82, 2.24) is 0 Å². The van der Waals surface area contributed by atoms with Gasteiger partial charge in [-0.15, -0.1) is 0 Å². The largest absolute Gasteiger partial charge is 0.497 e. The van der Waals surface area contributed by atoms with Crippen LogP contribution in [0.25, 0.3) is 11.8 Å². The highest BCUT2D eigenvalue weighted by Gasteiger charge is 2.22. The van der Waals surface area contributed by atoms with Gasteiger partial charge < -0.3 is 18.9 Å². The molecular weight excluding hydrogens is 320 g/mol. The summed E-state index contributed by atoms with van der Waals surface area (Å²) in [6.07, 6.45) is 3.47. The van der Waals surface area contributed by atoms with E-state index in [1.165, 1.54) is 0 Å². The number of methoxy groups -OCH3 is 3. The Bertz CT molecular complexity index is 847. The van der Waals surface area contributed by atoms with Gasteiger partial charge in [-0.25, -0.2) is 4.79 Å². The van der Waals surface area contributed by atoms with Crippen molar-refractivity contribution in [2.24, 2.45) is 0 Å². The van der Waals surface area contributed by atoms with Crippen LogP contribution < -0.4 is 14.2 Å². The van der Waals surface area contributed by atoms with Crippen LogP contribution >= 0.6 is 0 Å². The number of carbonyl (C=O) groups excluding carboxylic acids is 1. The lowest BCUT2D eigenvalue weighted by atomic mass is 10.1. The predicted octanol–water partition coefficient (Wildman–Crippen LogP) is 3.69. The summed E-state index contributed by atoms with van der Waals surface area (Å²) in [5, 5.41) is 0. The van der Waals surface area contributed by atoms with Gasteiger partial charge in [-0.2, -0.15) is 0 Å². The molecule has 128 valence electrons. The zero-order valence-corrected chi connectivity index (χ0v) is 14.2. The fourth-order valence-electron chi connectivity index (χ4n) is 2.51. The number of ether oxygens (including phenoxy) is 4. The second-order valence-electron chi connectivity index (χ2n) is 5.34. The first kappa shape index (κ1) is 16.6. The lowest BCUT2D eigenvalue weighted by Crippen LogP contribution is -1.97. The molecule has 0 aromatic heterocycles. The van der Waals surface area contributed by atoms with Crippen LogP contribution in [0, 0.1) is 0 Å². The summed E-state index contributed by atoms with van der Waals surface area (Å²) in [7, 11) is 4.75. The number of hydrogen-bond donors (Lipinski definition) is 0. The van der Waals surface area contributed by atoms with E-state index in [0.29, 0.717) is 22.8 Å². The highest BCUT2D eigenvalue weighted by molar-refractivity contribution is 6.05. The maximum absolute atomic E-state index is 12.1. The number of cyclic esters (lactones) is 1. The van der Waals surface area contributed by atoms with E-state index in [2.05, 4.69) is 0 Å². The average Bonchev–Trinajstić information content (AvgIpc) is 3.02. The molecule has 1 heterocycles. The van der Waals surface area contributed by atoms with E-state index in [4.69, 9.17) is 18.9 Å². The molecule has 2 aromatic rings. The molecule has 0 amide bonds. The summed E-state index contributed by atoms with van der Waals surface area (Å²) >= 11 is 0. The molecule has 5 heteroatoms. The summed E-state index contributed by atoms with van der Waals surface area (Å²) in [5.41, 5.74) is 2.10. The van der Waals surface area contributed by atoms with Crippen molar-refractivity contribution < 1.29 is 23.7 Å². The Hall–Kier alpha value is -3.21. The molecule has 0 saturated heterocycles. The van der Waals surface area contributed by atoms with Gasteiger partial charge in [0.15, 0.2) is 11.5 Å². The highest BCUT2D eigenvalue weighted by atomic mass is 16.5. The molecule has 3 rings (SSSR count). The molecule has 25 heavy (non-hydrogen) atoms. The predicted molar refractivity (Wildman–Crippen MR) is 94.6 cm³/mol. The Kier molecular flexibility index (Phi) is 4.75. The summed E-state index contributed by atoms with van der Waals surface area (Å²) in [6, 6.07) is 12.8. The normalized spacial score (nSPS) is 14.9. The van der Waals surface area contributed by atoms with Crippen LogP contribution in [0.5, 0.6) is 17.2 Å². The number of rotatable bonds is 5. The van der Waals surface area contributed by atoms with Gasteiger partial charge in [0, 0.05) is 5.56 Å². The minimum atomic E-state index is -0.388. The minimum Gasteiger partial charge on any atom is -0.497 e. The van der Waals surface area contributed by atoms with Gasteiger partial charge in [0.2, 0.25) is 0 Å². The van der Waals surface area contributed by atoms with Crippen LogP contribution in [0.15, 0.2) is 54.1 Å². The van der Waals surface area contributed by atoms with Crippen molar-refractivity contribution in [3.63, 3.8) is 0 Å². The fourth-order valence-corrected chi connectivity index (χ4v) is 2.51. The third-order valence-electron chi connectivity index (χ3n) is 3.83. The van der Waals surface area contributed by atoms with Gasteiger partial charge >= 0.3 is 5.97 Å². The van der Waals surface area contributed by atoms with Crippen LogP contribution in [0.1, 0.15) is 11.1 Å². The van der Waals surface area contributed by atoms with Crippen molar-refractivity contribution >= 4 is 17.8 Å². The average molecular weight is 338 g/mol. The van der Waals surface area contributed by atoms with Gasteiger partial charge in [-0.1, -0.05) is 6.07 Å². The van der Waals surface area contributed by atoms with Crippen molar-refractivity contribution in [1.29, 1.82) is 0 Å². The Morgan fingerprint density at radius 3 is 2.24 bits per heavy atom. The molecule has 0 fully saturated rings. The van der Waals surface area contributed by atoms with Crippen molar-refractivity contribution in [2.45, 2.75) is 0 Å². The molecule has 0 unspecified atom stereocenters. The number of carbonyl (C=O) groups is 1. The Morgan fingerprint density at radius 1 is 0.880 bits per heavy atom. The quantitative estimate of drug-likeness (QED) is 0.615. The molecule has 1 aliphatic rings. The van der Waals surface area contributed by atoms with Crippen LogP contribution in [0.3, 0.4) is 0 Å². The summed E-state index contributed by atoms with van der Waals surface area (Å²) < 4.78 is 21.0. The van der Waals surface area contributed by atoms with E-state index in [9.17, 15) is 4.79 Å². The van der Waals surface area contributed by atoms with Crippen molar-refractivity contribution in [3.8, 4) is 17.2 Å². The van der Waals surface area contributed by atoms with Gasteiger partial charge in [0.25, 0.3) is 0 Å². The van der Waals surface area contributed by atoms with Gasteiger partial charge in [0.1, 0.15) is 11.5 Å². The molecular formula is C20H18O5. The zero-order chi connectivity index (χ0) is 17.8. The molecule has 0 aliphatic carbocycles. The third-order valence-corrected chi connectivity index (χ3v) is 3.83. The number of esters is 1. The monoisotopic (exact) mass is 338 g/mol.